The number of unbranched alkanes of at least 4 members (excludes halogenated alkanes) is 2. The van der Waals surface area contributed by atoms with Crippen LogP contribution in [-0.4, -0.2) is 38.1 Å². The van der Waals surface area contributed by atoms with Crippen molar-refractivity contribution in [2.45, 2.75) is 25.7 Å². The summed E-state index contributed by atoms with van der Waals surface area (Å²) in [6.07, 6.45) is 2.91. The van der Waals surface area contributed by atoms with E-state index in [1.54, 1.807) is 0 Å². The minimum atomic E-state index is -0.278. The molecular weight excluding hydrogens is 210 g/mol. The van der Waals surface area contributed by atoms with E-state index < -0.39 is 0 Å². The first-order valence-corrected chi connectivity index (χ1v) is 5.49. The summed E-state index contributed by atoms with van der Waals surface area (Å²) in [5, 5.41) is 2.71. The maximum atomic E-state index is 11.1. The second kappa shape index (κ2) is 10.4. The zero-order valence-corrected chi connectivity index (χ0v) is 9.54. The van der Waals surface area contributed by atoms with Crippen molar-refractivity contribution in [2.24, 2.45) is 11.5 Å². The SMILES string of the molecule is NCCOCC(=O)NCCCCCC(N)=O. The van der Waals surface area contributed by atoms with E-state index in [-0.39, 0.29) is 18.4 Å². The number of carbonyl (C=O) groups is 2. The molecule has 0 rings (SSSR count). The molecule has 0 bridgehead atoms. The van der Waals surface area contributed by atoms with Gasteiger partial charge >= 0.3 is 0 Å². The van der Waals surface area contributed by atoms with Gasteiger partial charge in [0.2, 0.25) is 11.8 Å². The van der Waals surface area contributed by atoms with Crippen LogP contribution in [0.4, 0.5) is 0 Å². The second-order valence-electron chi connectivity index (χ2n) is 3.47. The average molecular weight is 231 g/mol. The Hall–Kier alpha value is -1.14. The molecule has 16 heavy (non-hydrogen) atoms. The van der Waals surface area contributed by atoms with Gasteiger partial charge in [0.05, 0.1) is 6.61 Å². The Balaban J connectivity index is 3.18. The van der Waals surface area contributed by atoms with Gasteiger partial charge in [-0.3, -0.25) is 9.59 Å². The van der Waals surface area contributed by atoms with Crippen molar-refractivity contribution in [3.63, 3.8) is 0 Å². The third-order valence-corrected chi connectivity index (χ3v) is 1.92. The van der Waals surface area contributed by atoms with Gasteiger partial charge in [0.25, 0.3) is 0 Å². The second-order valence-corrected chi connectivity index (χ2v) is 3.47. The number of primary amides is 1. The summed E-state index contributed by atoms with van der Waals surface area (Å²) in [5.41, 5.74) is 10.2. The molecule has 0 aromatic heterocycles. The summed E-state index contributed by atoms with van der Waals surface area (Å²) in [4.78, 5) is 21.5. The van der Waals surface area contributed by atoms with Crippen molar-refractivity contribution in [3.8, 4) is 0 Å². The number of nitrogens with two attached hydrogens (primary N) is 2. The van der Waals surface area contributed by atoms with Gasteiger partial charge in [-0.1, -0.05) is 6.42 Å². The first kappa shape index (κ1) is 14.9. The molecule has 0 saturated heterocycles. The topological polar surface area (TPSA) is 107 Å². The van der Waals surface area contributed by atoms with Gasteiger partial charge in [-0.05, 0) is 12.8 Å². The van der Waals surface area contributed by atoms with Crippen molar-refractivity contribution < 1.29 is 14.3 Å². The number of hydrogen-bond acceptors (Lipinski definition) is 4. The molecule has 0 heterocycles. The fourth-order valence-electron chi connectivity index (χ4n) is 1.13. The molecule has 6 nitrogen and oxygen atoms in total. The summed E-state index contributed by atoms with van der Waals surface area (Å²) in [6, 6.07) is 0. The van der Waals surface area contributed by atoms with Crippen LogP contribution >= 0.6 is 0 Å². The molecule has 0 aliphatic heterocycles. The van der Waals surface area contributed by atoms with Crippen LogP contribution in [0.2, 0.25) is 0 Å². The van der Waals surface area contributed by atoms with Crippen molar-refractivity contribution in [2.75, 3.05) is 26.3 Å². The molecule has 0 saturated carbocycles. The number of ether oxygens (including phenoxy) is 1. The summed E-state index contributed by atoms with van der Waals surface area (Å²) in [6.45, 7) is 1.47. The Kier molecular flexibility index (Phi) is 9.64. The Bertz CT molecular complexity index is 209. The molecule has 0 aromatic rings. The minimum Gasteiger partial charge on any atom is -0.370 e. The van der Waals surface area contributed by atoms with E-state index in [2.05, 4.69) is 5.32 Å². The number of rotatable bonds is 10. The van der Waals surface area contributed by atoms with E-state index in [9.17, 15) is 9.59 Å². The van der Waals surface area contributed by atoms with E-state index in [1.165, 1.54) is 0 Å². The van der Waals surface area contributed by atoms with Crippen molar-refractivity contribution in [1.82, 2.24) is 5.32 Å². The van der Waals surface area contributed by atoms with Crippen molar-refractivity contribution in [1.29, 1.82) is 0 Å². The van der Waals surface area contributed by atoms with Crippen LogP contribution in [0.3, 0.4) is 0 Å². The predicted octanol–water partition coefficient (Wildman–Crippen LogP) is -0.876. The highest BCUT2D eigenvalue weighted by atomic mass is 16.5. The Morgan fingerprint density at radius 3 is 2.56 bits per heavy atom. The molecule has 0 fully saturated rings. The van der Waals surface area contributed by atoms with Crippen LogP contribution in [-0.2, 0) is 14.3 Å². The molecule has 0 spiro atoms. The summed E-state index contributed by atoms with van der Waals surface area (Å²) in [5.74, 6) is -0.414. The van der Waals surface area contributed by atoms with Gasteiger partial charge in [0.15, 0.2) is 0 Å². The maximum absolute atomic E-state index is 11.1. The predicted molar refractivity (Wildman–Crippen MR) is 60.5 cm³/mol. The quantitative estimate of drug-likeness (QED) is 0.424. The molecule has 0 radical (unpaired) electrons. The molecule has 5 N–H and O–H groups in total. The van der Waals surface area contributed by atoms with Crippen LogP contribution in [0.1, 0.15) is 25.7 Å². The number of amides is 2. The lowest BCUT2D eigenvalue weighted by molar-refractivity contribution is -0.125. The minimum absolute atomic E-state index is 0.0541. The molecular formula is C10H21N3O3. The fraction of sp³-hybridized carbons (Fsp3) is 0.800. The zero-order chi connectivity index (χ0) is 12.2. The third kappa shape index (κ3) is 10.9. The van der Waals surface area contributed by atoms with Gasteiger partial charge in [0.1, 0.15) is 6.61 Å². The van der Waals surface area contributed by atoms with Crippen LogP contribution in [0.5, 0.6) is 0 Å². The van der Waals surface area contributed by atoms with Crippen molar-refractivity contribution in [3.05, 3.63) is 0 Å². The van der Waals surface area contributed by atoms with Crippen LogP contribution < -0.4 is 16.8 Å². The monoisotopic (exact) mass is 231 g/mol. The van der Waals surface area contributed by atoms with Crippen molar-refractivity contribution >= 4 is 11.8 Å². The standard InChI is InChI=1S/C10H21N3O3/c11-5-7-16-8-10(15)13-6-3-1-2-4-9(12)14/h1-8,11H2,(H2,12,14)(H,13,15). The van der Waals surface area contributed by atoms with Crippen LogP contribution in [0, 0.1) is 0 Å². The lowest BCUT2D eigenvalue weighted by atomic mass is 10.2. The first-order chi connectivity index (χ1) is 7.66. The lowest BCUT2D eigenvalue weighted by Gasteiger charge is -2.05. The smallest absolute Gasteiger partial charge is 0.245 e. The van der Waals surface area contributed by atoms with E-state index in [0.29, 0.717) is 26.1 Å². The first-order valence-electron chi connectivity index (χ1n) is 5.49. The van der Waals surface area contributed by atoms with Gasteiger partial charge in [-0.25, -0.2) is 0 Å². The largest absolute Gasteiger partial charge is 0.370 e. The summed E-state index contributed by atoms with van der Waals surface area (Å²) >= 11 is 0. The molecule has 6 heteroatoms. The van der Waals surface area contributed by atoms with Gasteiger partial charge in [-0.15, -0.1) is 0 Å². The average Bonchev–Trinajstić information content (AvgIpc) is 2.23. The number of carbonyl (C=O) groups excluding carboxylic acids is 2. The number of hydrogen-bond donors (Lipinski definition) is 3. The van der Waals surface area contributed by atoms with E-state index in [1.807, 2.05) is 0 Å². The number of nitrogens with one attached hydrogen (secondary N) is 1. The molecule has 94 valence electrons. The summed E-state index contributed by atoms with van der Waals surface area (Å²) in [7, 11) is 0. The van der Waals surface area contributed by atoms with Gasteiger partial charge < -0.3 is 21.5 Å². The molecule has 2 amide bonds. The third-order valence-electron chi connectivity index (χ3n) is 1.92. The fourth-order valence-corrected chi connectivity index (χ4v) is 1.13. The molecule has 0 aromatic carbocycles. The lowest BCUT2D eigenvalue weighted by Crippen LogP contribution is -2.29. The molecule has 0 aliphatic rings. The molecule has 0 aliphatic carbocycles. The zero-order valence-electron chi connectivity index (χ0n) is 9.54. The maximum Gasteiger partial charge on any atom is 0.245 e. The van der Waals surface area contributed by atoms with Gasteiger partial charge in [0, 0.05) is 19.5 Å². The summed E-state index contributed by atoms with van der Waals surface area (Å²) < 4.78 is 4.96. The Labute approximate surface area is 95.7 Å². The van der Waals surface area contributed by atoms with Crippen LogP contribution in [0.15, 0.2) is 0 Å². The normalized spacial score (nSPS) is 10.1. The highest BCUT2D eigenvalue weighted by Crippen LogP contribution is 1.97. The Morgan fingerprint density at radius 2 is 1.94 bits per heavy atom. The van der Waals surface area contributed by atoms with E-state index in [4.69, 9.17) is 16.2 Å². The van der Waals surface area contributed by atoms with Crippen LogP contribution in [0.25, 0.3) is 0 Å². The van der Waals surface area contributed by atoms with E-state index in [0.717, 1.165) is 19.3 Å². The molecule has 0 unspecified atom stereocenters. The Morgan fingerprint density at radius 1 is 1.19 bits per heavy atom. The van der Waals surface area contributed by atoms with E-state index >= 15 is 0 Å². The highest BCUT2D eigenvalue weighted by Gasteiger charge is 2.00. The van der Waals surface area contributed by atoms with Gasteiger partial charge in [-0.2, -0.15) is 0 Å². The molecule has 0 atom stereocenters. The highest BCUT2D eigenvalue weighted by molar-refractivity contribution is 5.77.